The van der Waals surface area contributed by atoms with Gasteiger partial charge in [0.1, 0.15) is 12.2 Å². The third-order valence-corrected chi connectivity index (χ3v) is 2.35. The maximum atomic E-state index is 12.3. The second-order valence-corrected chi connectivity index (χ2v) is 4.21. The molecule has 0 N–H and O–H groups in total. The summed E-state index contributed by atoms with van der Waals surface area (Å²) in [6.07, 6.45) is -3.28. The standard InChI is InChI=1S/C10H9Cl2F3N2O/c11-3-4-17(6-10(13,14)15)9(18)8-2-1-7(12)5-16-8/h1-2,5H,3-4,6H2. The molecule has 1 amide bonds. The zero-order valence-corrected chi connectivity index (χ0v) is 10.6. The Morgan fingerprint density at radius 2 is 2.06 bits per heavy atom. The third-order valence-electron chi connectivity index (χ3n) is 1.96. The lowest BCUT2D eigenvalue weighted by Crippen LogP contribution is -2.40. The van der Waals surface area contributed by atoms with Crippen LogP contribution in [0.1, 0.15) is 10.5 Å². The van der Waals surface area contributed by atoms with Crippen LogP contribution in [0.2, 0.25) is 5.02 Å². The number of carbonyl (C=O) groups is 1. The number of pyridine rings is 1. The van der Waals surface area contributed by atoms with E-state index in [9.17, 15) is 18.0 Å². The van der Waals surface area contributed by atoms with Crippen molar-refractivity contribution in [2.24, 2.45) is 0 Å². The average molecular weight is 301 g/mol. The van der Waals surface area contributed by atoms with Gasteiger partial charge in [0.2, 0.25) is 0 Å². The molecule has 0 aliphatic heterocycles. The molecule has 0 unspecified atom stereocenters. The summed E-state index contributed by atoms with van der Waals surface area (Å²) in [5, 5.41) is 0.297. The number of halogens is 5. The highest BCUT2D eigenvalue weighted by molar-refractivity contribution is 6.30. The van der Waals surface area contributed by atoms with E-state index in [-0.39, 0.29) is 18.1 Å². The summed E-state index contributed by atoms with van der Waals surface area (Å²) in [5.41, 5.74) is -0.103. The minimum atomic E-state index is -4.48. The first kappa shape index (κ1) is 15.0. The zero-order chi connectivity index (χ0) is 13.8. The molecular formula is C10H9Cl2F3N2O. The second kappa shape index (κ2) is 6.24. The molecule has 100 valence electrons. The molecule has 0 bridgehead atoms. The van der Waals surface area contributed by atoms with E-state index in [1.807, 2.05) is 0 Å². The summed E-state index contributed by atoms with van der Waals surface area (Å²) < 4.78 is 36.9. The average Bonchev–Trinajstić information content (AvgIpc) is 2.27. The van der Waals surface area contributed by atoms with E-state index in [4.69, 9.17) is 23.2 Å². The number of alkyl halides is 4. The summed E-state index contributed by atoms with van der Waals surface area (Å²) >= 11 is 11.0. The number of nitrogens with zero attached hydrogens (tertiary/aromatic N) is 2. The van der Waals surface area contributed by atoms with Crippen molar-refractivity contribution in [2.45, 2.75) is 6.18 Å². The molecule has 18 heavy (non-hydrogen) atoms. The first-order valence-corrected chi connectivity index (χ1v) is 5.78. The van der Waals surface area contributed by atoms with Gasteiger partial charge in [-0.1, -0.05) is 11.6 Å². The smallest absolute Gasteiger partial charge is 0.327 e. The fourth-order valence-corrected chi connectivity index (χ4v) is 1.55. The molecule has 8 heteroatoms. The zero-order valence-electron chi connectivity index (χ0n) is 9.05. The minimum absolute atomic E-state index is 0.0879. The molecule has 1 aromatic heterocycles. The Balaban J connectivity index is 2.85. The number of hydrogen-bond donors (Lipinski definition) is 0. The van der Waals surface area contributed by atoms with E-state index in [1.165, 1.54) is 18.3 Å². The van der Waals surface area contributed by atoms with E-state index >= 15 is 0 Å². The van der Waals surface area contributed by atoms with Gasteiger partial charge >= 0.3 is 6.18 Å². The second-order valence-electron chi connectivity index (χ2n) is 3.39. The van der Waals surface area contributed by atoms with Crippen LogP contribution in [0.4, 0.5) is 13.2 Å². The van der Waals surface area contributed by atoms with E-state index in [0.29, 0.717) is 9.92 Å². The van der Waals surface area contributed by atoms with Crippen LogP contribution < -0.4 is 0 Å². The van der Waals surface area contributed by atoms with Crippen LogP contribution in [0.5, 0.6) is 0 Å². The van der Waals surface area contributed by atoms with Crippen molar-refractivity contribution in [1.82, 2.24) is 9.88 Å². The van der Waals surface area contributed by atoms with Crippen molar-refractivity contribution in [1.29, 1.82) is 0 Å². The molecule has 1 heterocycles. The highest BCUT2D eigenvalue weighted by Gasteiger charge is 2.33. The van der Waals surface area contributed by atoms with Gasteiger partial charge in [-0.25, -0.2) is 4.98 Å². The van der Waals surface area contributed by atoms with E-state index < -0.39 is 18.6 Å². The van der Waals surface area contributed by atoms with E-state index in [1.54, 1.807) is 0 Å². The van der Waals surface area contributed by atoms with Crippen molar-refractivity contribution in [2.75, 3.05) is 19.0 Å². The third kappa shape index (κ3) is 4.70. The predicted octanol–water partition coefficient (Wildman–Crippen LogP) is 2.98. The van der Waals surface area contributed by atoms with Crippen molar-refractivity contribution in [3.63, 3.8) is 0 Å². The molecule has 1 aromatic rings. The molecule has 0 atom stereocenters. The van der Waals surface area contributed by atoms with Crippen molar-refractivity contribution >= 4 is 29.1 Å². The van der Waals surface area contributed by atoms with Gasteiger partial charge < -0.3 is 4.90 Å². The van der Waals surface area contributed by atoms with Gasteiger partial charge in [-0.15, -0.1) is 11.6 Å². The van der Waals surface area contributed by atoms with Crippen molar-refractivity contribution < 1.29 is 18.0 Å². The lowest BCUT2D eigenvalue weighted by molar-refractivity contribution is -0.140. The first-order chi connectivity index (χ1) is 8.33. The molecule has 0 radical (unpaired) electrons. The molecule has 0 spiro atoms. The summed E-state index contributed by atoms with van der Waals surface area (Å²) in [4.78, 5) is 16.1. The van der Waals surface area contributed by atoms with E-state index in [2.05, 4.69) is 4.98 Å². The van der Waals surface area contributed by atoms with Gasteiger partial charge in [-0.2, -0.15) is 13.2 Å². The van der Waals surface area contributed by atoms with E-state index in [0.717, 1.165) is 0 Å². The Kier molecular flexibility index (Phi) is 5.22. The predicted molar refractivity (Wildman–Crippen MR) is 61.9 cm³/mol. The molecular weight excluding hydrogens is 292 g/mol. The summed E-state index contributed by atoms with van der Waals surface area (Å²) in [7, 11) is 0. The van der Waals surface area contributed by atoms with Gasteiger partial charge in [0.15, 0.2) is 0 Å². The Bertz CT molecular complexity index is 409. The quantitative estimate of drug-likeness (QED) is 0.801. The van der Waals surface area contributed by atoms with Gasteiger partial charge in [0.05, 0.1) is 5.02 Å². The molecule has 3 nitrogen and oxygen atoms in total. The van der Waals surface area contributed by atoms with Crippen LogP contribution in [0.3, 0.4) is 0 Å². The lowest BCUT2D eigenvalue weighted by Gasteiger charge is -2.22. The topological polar surface area (TPSA) is 33.2 Å². The molecule has 0 aliphatic rings. The highest BCUT2D eigenvalue weighted by Crippen LogP contribution is 2.18. The molecule has 0 saturated heterocycles. The van der Waals surface area contributed by atoms with Gasteiger partial charge in [0, 0.05) is 18.6 Å². The van der Waals surface area contributed by atoms with Gasteiger partial charge in [0.25, 0.3) is 5.91 Å². The van der Waals surface area contributed by atoms with Crippen molar-refractivity contribution in [3.05, 3.63) is 29.0 Å². The van der Waals surface area contributed by atoms with Crippen LogP contribution in [-0.2, 0) is 0 Å². The Morgan fingerprint density at radius 1 is 1.39 bits per heavy atom. The normalized spacial score (nSPS) is 11.4. The number of aromatic nitrogens is 1. The Labute approximate surface area is 112 Å². The van der Waals surface area contributed by atoms with Gasteiger partial charge in [-0.05, 0) is 12.1 Å². The number of carbonyl (C=O) groups excluding carboxylic acids is 1. The Morgan fingerprint density at radius 3 is 2.50 bits per heavy atom. The fourth-order valence-electron chi connectivity index (χ4n) is 1.24. The van der Waals surface area contributed by atoms with Crippen LogP contribution in [-0.4, -0.2) is 40.9 Å². The summed E-state index contributed by atoms with van der Waals surface area (Å²) in [5.74, 6) is -0.917. The van der Waals surface area contributed by atoms with Crippen LogP contribution in [0.15, 0.2) is 18.3 Å². The highest BCUT2D eigenvalue weighted by atomic mass is 35.5. The van der Waals surface area contributed by atoms with Crippen LogP contribution in [0.25, 0.3) is 0 Å². The SMILES string of the molecule is O=C(c1ccc(Cl)cn1)N(CCCl)CC(F)(F)F. The Hall–Kier alpha value is -1.01. The summed E-state index contributed by atoms with van der Waals surface area (Å²) in [6.45, 7) is -1.56. The number of rotatable bonds is 4. The van der Waals surface area contributed by atoms with Crippen LogP contribution in [0, 0.1) is 0 Å². The first-order valence-electron chi connectivity index (χ1n) is 4.87. The largest absolute Gasteiger partial charge is 0.406 e. The fraction of sp³-hybridized carbons (Fsp3) is 0.400. The van der Waals surface area contributed by atoms with Gasteiger partial charge in [-0.3, -0.25) is 4.79 Å². The number of hydrogen-bond acceptors (Lipinski definition) is 2. The summed E-state index contributed by atoms with van der Waals surface area (Å²) in [6, 6.07) is 2.65. The molecule has 0 aliphatic carbocycles. The monoisotopic (exact) mass is 300 g/mol. The van der Waals surface area contributed by atoms with Crippen LogP contribution >= 0.6 is 23.2 Å². The minimum Gasteiger partial charge on any atom is -0.327 e. The maximum absolute atomic E-state index is 12.3. The maximum Gasteiger partial charge on any atom is 0.406 e. The lowest BCUT2D eigenvalue weighted by atomic mass is 10.3. The molecule has 0 saturated carbocycles. The van der Waals surface area contributed by atoms with Crippen molar-refractivity contribution in [3.8, 4) is 0 Å². The number of amides is 1. The molecule has 0 aromatic carbocycles. The molecule has 0 fully saturated rings. The molecule has 1 rings (SSSR count).